The lowest BCUT2D eigenvalue weighted by Crippen LogP contribution is -2.36. The Bertz CT molecular complexity index is 1080. The molecule has 1 aliphatic rings. The van der Waals surface area contributed by atoms with Gasteiger partial charge in [0.05, 0.1) is 30.1 Å². The molecule has 0 aliphatic carbocycles. The van der Waals surface area contributed by atoms with Crippen LogP contribution in [0.25, 0.3) is 11.3 Å². The van der Waals surface area contributed by atoms with Gasteiger partial charge in [-0.2, -0.15) is 0 Å². The molecule has 0 radical (unpaired) electrons. The molecule has 6 nitrogen and oxygen atoms in total. The lowest BCUT2D eigenvalue weighted by molar-refractivity contribution is -0.114. The van der Waals surface area contributed by atoms with Crippen LogP contribution in [0.1, 0.15) is 5.56 Å². The number of nitrogens with one attached hydrogen (secondary N) is 1. The highest BCUT2D eigenvalue weighted by Gasteiger charge is 2.12. The second-order valence-electron chi connectivity index (χ2n) is 7.21. The molecular weight excluding hydrogens is 412 g/mol. The molecule has 158 valence electrons. The van der Waals surface area contributed by atoms with Gasteiger partial charge in [0, 0.05) is 36.4 Å². The molecule has 1 aromatic heterocycles. The number of ketones is 1. The van der Waals surface area contributed by atoms with Gasteiger partial charge in [-0.05, 0) is 42.0 Å². The Morgan fingerprint density at radius 1 is 1.19 bits per heavy atom. The second-order valence-corrected chi connectivity index (χ2v) is 7.62. The van der Waals surface area contributed by atoms with Gasteiger partial charge in [0.2, 0.25) is 5.95 Å². The van der Waals surface area contributed by atoms with E-state index in [1.807, 2.05) is 36.4 Å². The van der Waals surface area contributed by atoms with Crippen LogP contribution in [0.15, 0.2) is 67.4 Å². The van der Waals surface area contributed by atoms with Crippen molar-refractivity contribution < 1.29 is 9.53 Å². The van der Waals surface area contributed by atoms with Gasteiger partial charge >= 0.3 is 0 Å². The summed E-state index contributed by atoms with van der Waals surface area (Å²) in [6, 6.07) is 15.8. The van der Waals surface area contributed by atoms with Crippen LogP contribution >= 0.6 is 11.6 Å². The third-order valence-corrected chi connectivity index (χ3v) is 5.33. The van der Waals surface area contributed by atoms with E-state index in [0.717, 1.165) is 48.8 Å². The van der Waals surface area contributed by atoms with Crippen molar-refractivity contribution >= 4 is 34.7 Å². The molecule has 31 heavy (non-hydrogen) atoms. The van der Waals surface area contributed by atoms with Crippen LogP contribution in [-0.2, 0) is 16.0 Å². The van der Waals surface area contributed by atoms with E-state index in [4.69, 9.17) is 16.3 Å². The first-order chi connectivity index (χ1) is 15.1. The topological polar surface area (TPSA) is 67.4 Å². The maximum absolute atomic E-state index is 11.7. The Kier molecular flexibility index (Phi) is 6.60. The molecular formula is C24H23ClN4O2. The van der Waals surface area contributed by atoms with Gasteiger partial charge in [-0.15, -0.1) is 0 Å². The van der Waals surface area contributed by atoms with Gasteiger partial charge in [-0.3, -0.25) is 4.79 Å². The molecule has 4 rings (SSSR count). The first kappa shape index (κ1) is 21.0. The molecule has 0 spiro atoms. The molecule has 0 bridgehead atoms. The zero-order chi connectivity index (χ0) is 21.6. The maximum Gasteiger partial charge on any atom is 0.227 e. The minimum atomic E-state index is -0.0335. The number of halogens is 1. The Morgan fingerprint density at radius 2 is 1.97 bits per heavy atom. The zero-order valence-electron chi connectivity index (χ0n) is 17.1. The summed E-state index contributed by atoms with van der Waals surface area (Å²) >= 11 is 6.37. The van der Waals surface area contributed by atoms with E-state index in [2.05, 4.69) is 38.9 Å². The van der Waals surface area contributed by atoms with Gasteiger partial charge in [-0.25, -0.2) is 9.97 Å². The predicted molar refractivity (Wildman–Crippen MR) is 124 cm³/mol. The average molecular weight is 435 g/mol. The summed E-state index contributed by atoms with van der Waals surface area (Å²) in [5.74, 6) is 0.417. The van der Waals surface area contributed by atoms with Gasteiger partial charge in [0.15, 0.2) is 5.78 Å². The van der Waals surface area contributed by atoms with Crippen LogP contribution in [0.3, 0.4) is 0 Å². The van der Waals surface area contributed by atoms with Crippen LogP contribution in [-0.4, -0.2) is 42.1 Å². The number of carbonyl (C=O) groups is 1. The Balaban J connectivity index is 1.52. The predicted octanol–water partition coefficient (Wildman–Crippen LogP) is 4.67. The Morgan fingerprint density at radius 3 is 2.71 bits per heavy atom. The van der Waals surface area contributed by atoms with Crippen LogP contribution < -0.4 is 10.2 Å². The summed E-state index contributed by atoms with van der Waals surface area (Å²) in [6.07, 6.45) is 3.20. The molecule has 1 N–H and O–H groups in total. The quantitative estimate of drug-likeness (QED) is 0.545. The lowest BCUT2D eigenvalue weighted by Gasteiger charge is -2.28. The van der Waals surface area contributed by atoms with Crippen LogP contribution in [0.2, 0.25) is 5.02 Å². The number of hydrogen-bond acceptors (Lipinski definition) is 6. The SMILES string of the molecule is C=CC(=O)Cc1cccc(-c2nc(Nc3ccc(N4CCOCC4)cc3)ncc2Cl)c1. The second kappa shape index (κ2) is 9.73. The van der Waals surface area contributed by atoms with Crippen molar-refractivity contribution in [3.63, 3.8) is 0 Å². The van der Waals surface area contributed by atoms with E-state index in [9.17, 15) is 4.79 Å². The molecule has 0 amide bonds. The van der Waals surface area contributed by atoms with Crippen molar-refractivity contribution in [2.45, 2.75) is 6.42 Å². The fraction of sp³-hybridized carbons (Fsp3) is 0.208. The van der Waals surface area contributed by atoms with E-state index in [0.29, 0.717) is 23.1 Å². The first-order valence-corrected chi connectivity index (χ1v) is 10.5. The molecule has 0 saturated carbocycles. The van der Waals surface area contributed by atoms with Crippen molar-refractivity contribution in [1.29, 1.82) is 0 Å². The van der Waals surface area contributed by atoms with E-state index < -0.39 is 0 Å². The third-order valence-electron chi connectivity index (χ3n) is 5.05. The Hall–Kier alpha value is -3.22. The minimum absolute atomic E-state index is 0.0335. The summed E-state index contributed by atoms with van der Waals surface area (Å²) < 4.78 is 5.41. The van der Waals surface area contributed by atoms with E-state index >= 15 is 0 Å². The van der Waals surface area contributed by atoms with Crippen LogP contribution in [0.5, 0.6) is 0 Å². The normalized spacial score (nSPS) is 13.6. The molecule has 0 unspecified atom stereocenters. The van der Waals surface area contributed by atoms with Gasteiger partial charge in [0.25, 0.3) is 0 Å². The van der Waals surface area contributed by atoms with Gasteiger partial charge in [0.1, 0.15) is 0 Å². The number of allylic oxidation sites excluding steroid dienone is 1. The van der Waals surface area contributed by atoms with E-state index in [1.165, 1.54) is 6.08 Å². The van der Waals surface area contributed by atoms with Crippen molar-refractivity contribution in [2.75, 3.05) is 36.5 Å². The van der Waals surface area contributed by atoms with Gasteiger partial charge in [-0.1, -0.05) is 36.4 Å². The highest BCUT2D eigenvalue weighted by atomic mass is 35.5. The number of aromatic nitrogens is 2. The Labute approximate surface area is 186 Å². The molecule has 0 atom stereocenters. The summed E-state index contributed by atoms with van der Waals surface area (Å²) in [5.41, 5.74) is 4.36. The highest BCUT2D eigenvalue weighted by Crippen LogP contribution is 2.28. The van der Waals surface area contributed by atoms with E-state index in [1.54, 1.807) is 6.20 Å². The van der Waals surface area contributed by atoms with Crippen LogP contribution in [0.4, 0.5) is 17.3 Å². The summed E-state index contributed by atoms with van der Waals surface area (Å²) in [7, 11) is 0. The fourth-order valence-corrected chi connectivity index (χ4v) is 3.64. The molecule has 2 heterocycles. The maximum atomic E-state index is 11.7. The largest absolute Gasteiger partial charge is 0.378 e. The smallest absolute Gasteiger partial charge is 0.227 e. The van der Waals surface area contributed by atoms with Crippen molar-refractivity contribution in [1.82, 2.24) is 9.97 Å². The summed E-state index contributed by atoms with van der Waals surface area (Å²) in [4.78, 5) is 22.9. The molecule has 2 aromatic carbocycles. The third kappa shape index (κ3) is 5.29. The minimum Gasteiger partial charge on any atom is -0.378 e. The number of anilines is 3. The number of rotatable bonds is 7. The molecule has 1 saturated heterocycles. The van der Waals surface area contributed by atoms with Crippen molar-refractivity contribution in [3.8, 4) is 11.3 Å². The molecule has 1 aliphatic heterocycles. The number of morpholine rings is 1. The monoisotopic (exact) mass is 434 g/mol. The van der Waals surface area contributed by atoms with Crippen molar-refractivity contribution in [2.24, 2.45) is 0 Å². The number of carbonyl (C=O) groups excluding carboxylic acids is 1. The number of hydrogen-bond donors (Lipinski definition) is 1. The zero-order valence-corrected chi connectivity index (χ0v) is 17.8. The fourth-order valence-electron chi connectivity index (χ4n) is 3.44. The van der Waals surface area contributed by atoms with Crippen molar-refractivity contribution in [3.05, 3.63) is 78.0 Å². The average Bonchev–Trinajstić information content (AvgIpc) is 2.81. The molecule has 1 fully saturated rings. The highest BCUT2D eigenvalue weighted by molar-refractivity contribution is 6.32. The first-order valence-electron chi connectivity index (χ1n) is 10.1. The lowest BCUT2D eigenvalue weighted by atomic mass is 10.0. The molecule has 7 heteroatoms. The molecule has 3 aromatic rings. The number of ether oxygens (including phenoxy) is 1. The number of nitrogens with zero attached hydrogens (tertiary/aromatic N) is 3. The van der Waals surface area contributed by atoms with Gasteiger partial charge < -0.3 is 15.0 Å². The summed E-state index contributed by atoms with van der Waals surface area (Å²) in [6.45, 7) is 6.83. The van der Waals surface area contributed by atoms with Crippen LogP contribution in [0, 0.1) is 0 Å². The van der Waals surface area contributed by atoms with E-state index in [-0.39, 0.29) is 5.78 Å². The summed E-state index contributed by atoms with van der Waals surface area (Å²) in [5, 5.41) is 3.68. The standard InChI is InChI=1S/C24H23ClN4O2/c1-2-21(30)15-17-4-3-5-18(14-17)23-22(25)16-26-24(28-23)27-19-6-8-20(9-7-19)29-10-12-31-13-11-29/h2-9,14,16H,1,10-13,15H2,(H,26,27,28). The number of benzene rings is 2.